The van der Waals surface area contributed by atoms with E-state index < -0.39 is 6.04 Å². The van der Waals surface area contributed by atoms with Gasteiger partial charge in [0.15, 0.2) is 0 Å². The Bertz CT molecular complexity index is 930. The van der Waals surface area contributed by atoms with E-state index in [1.165, 1.54) is 5.56 Å². The monoisotopic (exact) mass is 462 g/mol. The van der Waals surface area contributed by atoms with E-state index in [0.717, 1.165) is 23.1 Å². The molecule has 0 unspecified atom stereocenters. The quantitative estimate of drug-likeness (QED) is 0.505. The zero-order chi connectivity index (χ0) is 23.1. The maximum atomic E-state index is 13.4. The van der Waals surface area contributed by atoms with Crippen molar-refractivity contribution in [1.82, 2.24) is 10.2 Å². The highest BCUT2D eigenvalue weighted by Crippen LogP contribution is 2.24. The summed E-state index contributed by atoms with van der Waals surface area (Å²) < 4.78 is 0. The number of halogens is 2. The molecule has 2 aromatic carbocycles. The number of amides is 2. The van der Waals surface area contributed by atoms with Crippen molar-refractivity contribution >= 4 is 35.0 Å². The molecule has 0 aliphatic heterocycles. The fourth-order valence-electron chi connectivity index (χ4n) is 3.38. The first-order valence-corrected chi connectivity index (χ1v) is 11.5. The van der Waals surface area contributed by atoms with Crippen LogP contribution < -0.4 is 5.32 Å². The molecule has 2 amide bonds. The van der Waals surface area contributed by atoms with Gasteiger partial charge >= 0.3 is 0 Å². The van der Waals surface area contributed by atoms with Crippen molar-refractivity contribution in [3.63, 3.8) is 0 Å². The minimum atomic E-state index is -0.584. The van der Waals surface area contributed by atoms with Gasteiger partial charge in [0.25, 0.3) is 0 Å². The summed E-state index contributed by atoms with van der Waals surface area (Å²) >= 11 is 12.4. The van der Waals surface area contributed by atoms with E-state index in [2.05, 4.69) is 5.32 Å². The number of carbonyl (C=O) groups excluding carboxylic acids is 2. The second-order valence-corrected chi connectivity index (χ2v) is 8.94. The van der Waals surface area contributed by atoms with Gasteiger partial charge in [-0.1, -0.05) is 61.3 Å². The molecular weight excluding hydrogens is 431 g/mol. The number of benzene rings is 2. The number of nitrogens with zero attached hydrogens (tertiary/aromatic N) is 1. The lowest BCUT2D eigenvalue weighted by Crippen LogP contribution is -2.51. The summed E-state index contributed by atoms with van der Waals surface area (Å²) in [4.78, 5) is 28.1. The van der Waals surface area contributed by atoms with Crippen LogP contribution in [0.2, 0.25) is 10.0 Å². The van der Waals surface area contributed by atoms with Crippen molar-refractivity contribution in [2.45, 2.75) is 72.5 Å². The van der Waals surface area contributed by atoms with Crippen LogP contribution in [-0.4, -0.2) is 28.8 Å². The smallest absolute Gasteiger partial charge is 0.243 e. The number of rotatable bonds is 9. The summed E-state index contributed by atoms with van der Waals surface area (Å²) in [5.41, 5.74) is 4.01. The van der Waals surface area contributed by atoms with Crippen molar-refractivity contribution in [3.8, 4) is 0 Å². The molecule has 2 aromatic rings. The standard InChI is InChI=1S/C25H32Cl2N2O2/c1-6-18(5)28-25(31)23(7-2)29(15-20-10-11-21(26)14-22(20)27)24(30)13-19-9-8-16(3)17(4)12-19/h8-12,14,18,23H,6-7,13,15H2,1-5H3,(H,28,31)/t18-,23-/m0/s1. The van der Waals surface area contributed by atoms with Gasteiger partial charge in [0, 0.05) is 22.6 Å². The molecule has 0 spiro atoms. The van der Waals surface area contributed by atoms with E-state index >= 15 is 0 Å². The second-order valence-electron chi connectivity index (χ2n) is 8.09. The molecule has 4 nitrogen and oxygen atoms in total. The molecule has 0 aliphatic carbocycles. The minimum Gasteiger partial charge on any atom is -0.352 e. The van der Waals surface area contributed by atoms with Gasteiger partial charge in [-0.15, -0.1) is 0 Å². The van der Waals surface area contributed by atoms with Crippen molar-refractivity contribution < 1.29 is 9.59 Å². The number of hydrogen-bond acceptors (Lipinski definition) is 2. The topological polar surface area (TPSA) is 49.4 Å². The largest absolute Gasteiger partial charge is 0.352 e. The van der Waals surface area contributed by atoms with Crippen molar-refractivity contribution in [2.24, 2.45) is 0 Å². The Labute approximate surface area is 195 Å². The highest BCUT2D eigenvalue weighted by atomic mass is 35.5. The van der Waals surface area contributed by atoms with Crippen LogP contribution in [-0.2, 0) is 22.6 Å². The predicted molar refractivity (Wildman–Crippen MR) is 129 cm³/mol. The summed E-state index contributed by atoms with van der Waals surface area (Å²) in [7, 11) is 0. The van der Waals surface area contributed by atoms with Crippen LogP contribution in [0.5, 0.6) is 0 Å². The molecule has 0 fully saturated rings. The van der Waals surface area contributed by atoms with Crippen LogP contribution in [0.15, 0.2) is 36.4 Å². The Kier molecular flexibility index (Phi) is 9.39. The van der Waals surface area contributed by atoms with Crippen LogP contribution in [0, 0.1) is 13.8 Å². The molecule has 0 aromatic heterocycles. The first-order valence-electron chi connectivity index (χ1n) is 10.8. The van der Waals surface area contributed by atoms with Crippen LogP contribution in [0.1, 0.15) is 55.9 Å². The lowest BCUT2D eigenvalue weighted by molar-refractivity contribution is -0.141. The molecule has 0 saturated carbocycles. The SMILES string of the molecule is CC[C@H](C)NC(=O)[C@H](CC)N(Cc1ccc(Cl)cc1Cl)C(=O)Cc1ccc(C)c(C)c1. The van der Waals surface area contributed by atoms with Crippen molar-refractivity contribution in [3.05, 3.63) is 68.7 Å². The van der Waals surface area contributed by atoms with Crippen molar-refractivity contribution in [1.29, 1.82) is 0 Å². The zero-order valence-electron chi connectivity index (χ0n) is 19.0. The number of hydrogen-bond donors (Lipinski definition) is 1. The number of aryl methyl sites for hydroxylation is 2. The van der Waals surface area contributed by atoms with E-state index in [0.29, 0.717) is 16.5 Å². The van der Waals surface area contributed by atoms with Crippen LogP contribution in [0.25, 0.3) is 0 Å². The lowest BCUT2D eigenvalue weighted by Gasteiger charge is -2.32. The summed E-state index contributed by atoms with van der Waals surface area (Å²) in [6, 6.07) is 10.7. The van der Waals surface area contributed by atoms with Gasteiger partial charge in [-0.25, -0.2) is 0 Å². The van der Waals surface area contributed by atoms with Crippen molar-refractivity contribution in [2.75, 3.05) is 0 Å². The van der Waals surface area contributed by atoms with Gasteiger partial charge in [0.2, 0.25) is 11.8 Å². The Morgan fingerprint density at radius 1 is 1.00 bits per heavy atom. The van der Waals surface area contributed by atoms with Crippen LogP contribution >= 0.6 is 23.2 Å². The molecule has 6 heteroatoms. The fourth-order valence-corrected chi connectivity index (χ4v) is 3.85. The van der Waals surface area contributed by atoms with Gasteiger partial charge in [-0.2, -0.15) is 0 Å². The Morgan fingerprint density at radius 3 is 2.29 bits per heavy atom. The molecule has 0 heterocycles. The van der Waals surface area contributed by atoms with Gasteiger partial charge in [-0.05, 0) is 68.0 Å². The van der Waals surface area contributed by atoms with E-state index in [1.807, 2.05) is 52.8 Å². The number of nitrogens with one attached hydrogen (secondary N) is 1. The molecule has 1 N–H and O–H groups in total. The molecule has 31 heavy (non-hydrogen) atoms. The summed E-state index contributed by atoms with van der Waals surface area (Å²) in [5, 5.41) is 4.03. The third-order valence-corrected chi connectivity index (χ3v) is 6.26. The molecule has 0 saturated heterocycles. The highest BCUT2D eigenvalue weighted by molar-refractivity contribution is 6.35. The summed E-state index contributed by atoms with van der Waals surface area (Å²) in [6.45, 7) is 10.2. The Hall–Kier alpha value is -2.04. The third-order valence-electron chi connectivity index (χ3n) is 5.67. The first kappa shape index (κ1) is 25.2. The van der Waals surface area contributed by atoms with E-state index in [1.54, 1.807) is 23.1 Å². The lowest BCUT2D eigenvalue weighted by atomic mass is 10.0. The van der Waals surface area contributed by atoms with E-state index in [9.17, 15) is 9.59 Å². The highest BCUT2D eigenvalue weighted by Gasteiger charge is 2.29. The average molecular weight is 463 g/mol. The maximum Gasteiger partial charge on any atom is 0.243 e. The fraction of sp³-hybridized carbons (Fsp3) is 0.440. The number of carbonyl (C=O) groups is 2. The molecule has 2 atom stereocenters. The van der Waals surface area contributed by atoms with Gasteiger partial charge in [-0.3, -0.25) is 9.59 Å². The third kappa shape index (κ3) is 6.98. The first-order chi connectivity index (χ1) is 14.7. The normalized spacial score (nSPS) is 12.9. The van der Waals surface area contributed by atoms with Crippen LogP contribution in [0.4, 0.5) is 0 Å². The molecule has 168 valence electrons. The predicted octanol–water partition coefficient (Wildman–Crippen LogP) is 5.87. The van der Waals surface area contributed by atoms with Crippen LogP contribution in [0.3, 0.4) is 0 Å². The molecule has 2 rings (SSSR count). The summed E-state index contributed by atoms with van der Waals surface area (Å²) in [6.07, 6.45) is 1.55. The van der Waals surface area contributed by atoms with Gasteiger partial charge in [0.1, 0.15) is 6.04 Å². The molecule has 0 radical (unpaired) electrons. The molecule has 0 bridgehead atoms. The zero-order valence-corrected chi connectivity index (χ0v) is 20.5. The van der Waals surface area contributed by atoms with Gasteiger partial charge < -0.3 is 10.2 Å². The van der Waals surface area contributed by atoms with E-state index in [-0.39, 0.29) is 30.8 Å². The minimum absolute atomic E-state index is 0.0392. The Balaban J connectivity index is 2.35. The summed E-state index contributed by atoms with van der Waals surface area (Å²) in [5.74, 6) is -0.254. The van der Waals surface area contributed by atoms with Gasteiger partial charge in [0.05, 0.1) is 6.42 Å². The maximum absolute atomic E-state index is 13.4. The molecular formula is C25H32Cl2N2O2. The van der Waals surface area contributed by atoms with E-state index in [4.69, 9.17) is 23.2 Å². The Morgan fingerprint density at radius 2 is 1.71 bits per heavy atom. The second kappa shape index (κ2) is 11.5. The molecule has 0 aliphatic rings. The average Bonchev–Trinajstić information content (AvgIpc) is 2.71.